The van der Waals surface area contributed by atoms with Gasteiger partial charge in [-0.05, 0) is 39.0 Å². The van der Waals surface area contributed by atoms with Gasteiger partial charge in [0, 0.05) is 17.8 Å². The number of benzene rings is 1. The molecular formula is C15H19N3O2. The molecule has 1 N–H and O–H groups in total. The fourth-order valence-electron chi connectivity index (χ4n) is 1.93. The number of ether oxygens (including phenoxy) is 1. The quantitative estimate of drug-likeness (QED) is 0.930. The lowest BCUT2D eigenvalue weighted by atomic mass is 10.3. The number of amides is 1. The second-order valence-corrected chi connectivity index (χ2v) is 4.91. The first-order valence-corrected chi connectivity index (χ1v) is 6.53. The topological polar surface area (TPSA) is 56.2 Å². The highest BCUT2D eigenvalue weighted by Gasteiger charge is 2.14. The molecule has 0 aliphatic rings. The van der Waals surface area contributed by atoms with Crippen LogP contribution in [0.5, 0.6) is 5.75 Å². The molecule has 0 fully saturated rings. The lowest BCUT2D eigenvalue weighted by Gasteiger charge is -2.07. The molecule has 0 aliphatic carbocycles. The summed E-state index contributed by atoms with van der Waals surface area (Å²) < 4.78 is 6.94. The van der Waals surface area contributed by atoms with Gasteiger partial charge in [0.15, 0.2) is 5.69 Å². The van der Waals surface area contributed by atoms with Crippen molar-refractivity contribution in [2.24, 2.45) is 0 Å². The molecule has 1 heterocycles. The fourth-order valence-corrected chi connectivity index (χ4v) is 1.93. The van der Waals surface area contributed by atoms with Crippen LogP contribution in [0.25, 0.3) is 5.69 Å². The Morgan fingerprint density at radius 2 is 2.10 bits per heavy atom. The van der Waals surface area contributed by atoms with Gasteiger partial charge in [0.1, 0.15) is 5.75 Å². The van der Waals surface area contributed by atoms with E-state index in [2.05, 4.69) is 10.4 Å². The summed E-state index contributed by atoms with van der Waals surface area (Å²) in [4.78, 5) is 12.0. The summed E-state index contributed by atoms with van der Waals surface area (Å²) in [5.41, 5.74) is 2.18. The maximum atomic E-state index is 12.0. The molecule has 106 valence electrons. The van der Waals surface area contributed by atoms with Crippen LogP contribution < -0.4 is 10.1 Å². The molecule has 2 aromatic rings. The molecule has 0 unspecified atom stereocenters. The van der Waals surface area contributed by atoms with E-state index in [0.717, 1.165) is 17.1 Å². The Kier molecular flexibility index (Phi) is 4.08. The van der Waals surface area contributed by atoms with Crippen LogP contribution in [0.2, 0.25) is 0 Å². The maximum absolute atomic E-state index is 12.0. The van der Waals surface area contributed by atoms with E-state index in [1.54, 1.807) is 17.9 Å². The van der Waals surface area contributed by atoms with Crippen molar-refractivity contribution in [1.29, 1.82) is 0 Å². The molecule has 1 aromatic carbocycles. The Balaban J connectivity index is 2.33. The molecule has 0 bridgehead atoms. The average Bonchev–Trinajstić information content (AvgIpc) is 2.80. The van der Waals surface area contributed by atoms with Gasteiger partial charge in [0.2, 0.25) is 0 Å². The minimum atomic E-state index is -0.162. The molecule has 0 saturated heterocycles. The van der Waals surface area contributed by atoms with Gasteiger partial charge >= 0.3 is 0 Å². The van der Waals surface area contributed by atoms with Crippen molar-refractivity contribution in [2.45, 2.75) is 26.8 Å². The van der Waals surface area contributed by atoms with E-state index in [9.17, 15) is 4.79 Å². The van der Waals surface area contributed by atoms with Gasteiger partial charge in [0.25, 0.3) is 5.91 Å². The lowest BCUT2D eigenvalue weighted by molar-refractivity contribution is 0.0937. The molecule has 5 nitrogen and oxygen atoms in total. The van der Waals surface area contributed by atoms with Gasteiger partial charge in [-0.2, -0.15) is 5.10 Å². The average molecular weight is 273 g/mol. The van der Waals surface area contributed by atoms with Gasteiger partial charge in [-0.25, -0.2) is 4.68 Å². The molecule has 0 aliphatic heterocycles. The summed E-state index contributed by atoms with van der Waals surface area (Å²) in [7, 11) is 1.62. The predicted octanol–water partition coefficient (Wildman–Crippen LogP) is 2.33. The van der Waals surface area contributed by atoms with Crippen molar-refractivity contribution in [3.63, 3.8) is 0 Å². The zero-order valence-electron chi connectivity index (χ0n) is 12.2. The van der Waals surface area contributed by atoms with Crippen molar-refractivity contribution < 1.29 is 9.53 Å². The third-order valence-corrected chi connectivity index (χ3v) is 2.84. The van der Waals surface area contributed by atoms with Gasteiger partial charge < -0.3 is 10.1 Å². The number of aryl methyl sites for hydroxylation is 1. The number of carbonyl (C=O) groups is 1. The highest BCUT2D eigenvalue weighted by molar-refractivity contribution is 5.92. The molecule has 1 amide bonds. The summed E-state index contributed by atoms with van der Waals surface area (Å²) >= 11 is 0. The Hall–Kier alpha value is -2.30. The number of hydrogen-bond acceptors (Lipinski definition) is 3. The van der Waals surface area contributed by atoms with Gasteiger partial charge in [-0.15, -0.1) is 0 Å². The summed E-state index contributed by atoms with van der Waals surface area (Å²) in [6.45, 7) is 5.76. The van der Waals surface area contributed by atoms with E-state index in [4.69, 9.17) is 4.74 Å². The Morgan fingerprint density at radius 3 is 2.75 bits per heavy atom. The van der Waals surface area contributed by atoms with Gasteiger partial charge in [-0.3, -0.25) is 4.79 Å². The summed E-state index contributed by atoms with van der Waals surface area (Å²) in [5, 5.41) is 7.19. The van der Waals surface area contributed by atoms with Crippen LogP contribution in [0.1, 0.15) is 30.0 Å². The van der Waals surface area contributed by atoms with Gasteiger partial charge in [0.05, 0.1) is 12.8 Å². The highest BCUT2D eigenvalue weighted by atomic mass is 16.5. The number of aromatic nitrogens is 2. The predicted molar refractivity (Wildman–Crippen MR) is 77.5 cm³/mol. The van der Waals surface area contributed by atoms with Gasteiger partial charge in [-0.1, -0.05) is 6.07 Å². The Bertz CT molecular complexity index is 617. The largest absolute Gasteiger partial charge is 0.497 e. The second-order valence-electron chi connectivity index (χ2n) is 4.91. The van der Waals surface area contributed by atoms with Crippen LogP contribution in [0.15, 0.2) is 30.3 Å². The van der Waals surface area contributed by atoms with E-state index >= 15 is 0 Å². The Morgan fingerprint density at radius 1 is 1.35 bits per heavy atom. The van der Waals surface area contributed by atoms with Crippen LogP contribution in [0.3, 0.4) is 0 Å². The van der Waals surface area contributed by atoms with Crippen LogP contribution >= 0.6 is 0 Å². The molecule has 0 spiro atoms. The summed E-state index contributed by atoms with van der Waals surface area (Å²) in [6.07, 6.45) is 0. The summed E-state index contributed by atoms with van der Waals surface area (Å²) in [5.74, 6) is 0.593. The molecule has 0 saturated carbocycles. The first kappa shape index (κ1) is 14.1. The smallest absolute Gasteiger partial charge is 0.271 e. The third kappa shape index (κ3) is 2.99. The standard InChI is InChI=1S/C15H19N3O2/c1-10(2)16-15(19)14-8-11(3)18(17-14)12-6-5-7-13(9-12)20-4/h5-10H,1-4H3,(H,16,19). The van der Waals surface area contributed by atoms with Crippen molar-refractivity contribution in [1.82, 2.24) is 15.1 Å². The van der Waals surface area contributed by atoms with Crippen LogP contribution in [-0.4, -0.2) is 28.8 Å². The summed E-state index contributed by atoms with van der Waals surface area (Å²) in [6, 6.07) is 9.43. The number of carbonyl (C=O) groups excluding carboxylic acids is 1. The number of nitrogens with one attached hydrogen (secondary N) is 1. The zero-order valence-corrected chi connectivity index (χ0v) is 12.2. The van der Waals surface area contributed by atoms with Crippen molar-refractivity contribution in [3.05, 3.63) is 41.7 Å². The van der Waals surface area contributed by atoms with Crippen molar-refractivity contribution >= 4 is 5.91 Å². The Labute approximate surface area is 118 Å². The fraction of sp³-hybridized carbons (Fsp3) is 0.333. The molecule has 0 atom stereocenters. The molecule has 5 heteroatoms. The third-order valence-electron chi connectivity index (χ3n) is 2.84. The van der Waals surface area contributed by atoms with E-state index in [1.165, 1.54) is 0 Å². The lowest BCUT2D eigenvalue weighted by Crippen LogP contribution is -2.30. The maximum Gasteiger partial charge on any atom is 0.271 e. The molecular weight excluding hydrogens is 254 g/mol. The van der Waals surface area contributed by atoms with E-state index in [1.807, 2.05) is 45.0 Å². The minimum Gasteiger partial charge on any atom is -0.497 e. The van der Waals surface area contributed by atoms with Crippen LogP contribution in [-0.2, 0) is 0 Å². The normalized spacial score (nSPS) is 10.7. The van der Waals surface area contributed by atoms with E-state index in [0.29, 0.717) is 5.69 Å². The number of methoxy groups -OCH3 is 1. The SMILES string of the molecule is COc1cccc(-n2nc(C(=O)NC(C)C)cc2C)c1. The first-order chi connectivity index (χ1) is 9.51. The monoisotopic (exact) mass is 273 g/mol. The van der Waals surface area contributed by atoms with Crippen molar-refractivity contribution in [2.75, 3.05) is 7.11 Å². The second kappa shape index (κ2) is 5.77. The molecule has 0 radical (unpaired) electrons. The van der Waals surface area contributed by atoms with Crippen LogP contribution in [0.4, 0.5) is 0 Å². The van der Waals surface area contributed by atoms with E-state index in [-0.39, 0.29) is 11.9 Å². The number of hydrogen-bond donors (Lipinski definition) is 1. The van der Waals surface area contributed by atoms with Crippen LogP contribution in [0, 0.1) is 6.92 Å². The zero-order chi connectivity index (χ0) is 14.7. The van der Waals surface area contributed by atoms with Crippen molar-refractivity contribution in [3.8, 4) is 11.4 Å². The van der Waals surface area contributed by atoms with E-state index < -0.39 is 0 Å². The minimum absolute atomic E-state index is 0.0878. The molecule has 2 rings (SSSR count). The molecule has 20 heavy (non-hydrogen) atoms. The first-order valence-electron chi connectivity index (χ1n) is 6.53. The molecule has 1 aromatic heterocycles. The number of nitrogens with zero attached hydrogens (tertiary/aromatic N) is 2. The highest BCUT2D eigenvalue weighted by Crippen LogP contribution is 2.18. The number of rotatable bonds is 4.